The summed E-state index contributed by atoms with van der Waals surface area (Å²) in [5, 5.41) is 3.47. The number of benzene rings is 1. The third-order valence-electron chi connectivity index (χ3n) is 3.00. The van der Waals surface area contributed by atoms with E-state index in [1.165, 1.54) is 5.56 Å². The molecule has 0 amide bonds. The lowest BCUT2D eigenvalue weighted by molar-refractivity contribution is 0.435. The SMILES string of the molecule is CCc1ccc(CN[C@H](C)c2cccc(Br)c2)o1. The second kappa shape index (κ2) is 6.21. The molecule has 0 saturated heterocycles. The van der Waals surface area contributed by atoms with Gasteiger partial charge in [0.15, 0.2) is 0 Å². The molecule has 0 fully saturated rings. The molecule has 0 unspecified atom stereocenters. The maximum absolute atomic E-state index is 5.67. The normalized spacial score (nSPS) is 12.6. The maximum Gasteiger partial charge on any atom is 0.117 e. The smallest absolute Gasteiger partial charge is 0.117 e. The molecule has 2 aromatic rings. The summed E-state index contributed by atoms with van der Waals surface area (Å²) in [4.78, 5) is 0. The molecule has 3 heteroatoms. The zero-order valence-corrected chi connectivity index (χ0v) is 12.3. The summed E-state index contributed by atoms with van der Waals surface area (Å²) < 4.78 is 6.78. The highest BCUT2D eigenvalue weighted by molar-refractivity contribution is 9.10. The van der Waals surface area contributed by atoms with Gasteiger partial charge in [-0.2, -0.15) is 0 Å². The molecule has 1 atom stereocenters. The molecule has 1 heterocycles. The Balaban J connectivity index is 1.93. The first-order chi connectivity index (χ1) is 8.69. The Bertz CT molecular complexity index is 507. The quantitative estimate of drug-likeness (QED) is 0.882. The van der Waals surface area contributed by atoms with E-state index in [1.54, 1.807) is 0 Å². The van der Waals surface area contributed by atoms with Gasteiger partial charge in [0.1, 0.15) is 11.5 Å². The van der Waals surface area contributed by atoms with Crippen molar-refractivity contribution in [2.75, 3.05) is 0 Å². The number of aryl methyl sites for hydroxylation is 1. The van der Waals surface area contributed by atoms with Crippen LogP contribution in [0.4, 0.5) is 0 Å². The lowest BCUT2D eigenvalue weighted by Crippen LogP contribution is -2.17. The van der Waals surface area contributed by atoms with Crippen LogP contribution in [0.1, 0.15) is 37.0 Å². The van der Waals surface area contributed by atoms with Crippen LogP contribution in [0, 0.1) is 0 Å². The predicted molar refractivity (Wildman–Crippen MR) is 77.5 cm³/mol. The molecule has 0 saturated carbocycles. The molecule has 1 aromatic heterocycles. The van der Waals surface area contributed by atoms with Crippen molar-refractivity contribution in [1.82, 2.24) is 5.32 Å². The summed E-state index contributed by atoms with van der Waals surface area (Å²) in [5.41, 5.74) is 1.27. The second-order valence-corrected chi connectivity index (χ2v) is 5.29. The van der Waals surface area contributed by atoms with Crippen molar-refractivity contribution in [2.45, 2.75) is 32.9 Å². The lowest BCUT2D eigenvalue weighted by Gasteiger charge is -2.13. The third-order valence-corrected chi connectivity index (χ3v) is 3.49. The fraction of sp³-hybridized carbons (Fsp3) is 0.333. The fourth-order valence-corrected chi connectivity index (χ4v) is 2.27. The highest BCUT2D eigenvalue weighted by Gasteiger charge is 2.06. The number of rotatable bonds is 5. The number of halogens is 1. The standard InChI is InChI=1S/C15H18BrNO/c1-3-14-7-8-15(18-14)10-17-11(2)12-5-4-6-13(16)9-12/h4-9,11,17H,3,10H2,1-2H3/t11-/m1/s1. The van der Waals surface area contributed by atoms with Gasteiger partial charge in [-0.25, -0.2) is 0 Å². The van der Waals surface area contributed by atoms with Gasteiger partial charge in [-0.05, 0) is 36.8 Å². The van der Waals surface area contributed by atoms with Crippen LogP contribution < -0.4 is 5.32 Å². The van der Waals surface area contributed by atoms with E-state index in [4.69, 9.17) is 4.42 Å². The largest absolute Gasteiger partial charge is 0.465 e. The Labute approximate surface area is 117 Å². The third kappa shape index (κ3) is 3.47. The Kier molecular flexibility index (Phi) is 4.61. The van der Waals surface area contributed by atoms with Crippen molar-refractivity contribution >= 4 is 15.9 Å². The van der Waals surface area contributed by atoms with Crippen molar-refractivity contribution in [3.05, 3.63) is 58.0 Å². The zero-order valence-electron chi connectivity index (χ0n) is 10.7. The van der Waals surface area contributed by atoms with E-state index >= 15 is 0 Å². The monoisotopic (exact) mass is 307 g/mol. The topological polar surface area (TPSA) is 25.2 Å². The minimum absolute atomic E-state index is 0.303. The van der Waals surface area contributed by atoms with Gasteiger partial charge in [-0.15, -0.1) is 0 Å². The molecule has 2 nitrogen and oxygen atoms in total. The van der Waals surface area contributed by atoms with Gasteiger partial charge in [0.05, 0.1) is 6.54 Å². The molecular formula is C15H18BrNO. The molecular weight excluding hydrogens is 290 g/mol. The van der Waals surface area contributed by atoms with Crippen LogP contribution in [0.15, 0.2) is 45.3 Å². The average Bonchev–Trinajstić information content (AvgIpc) is 2.84. The fourth-order valence-electron chi connectivity index (χ4n) is 1.85. The molecule has 0 spiro atoms. The number of hydrogen-bond acceptors (Lipinski definition) is 2. The summed E-state index contributed by atoms with van der Waals surface area (Å²) in [5.74, 6) is 2.04. The Morgan fingerprint density at radius 2 is 2.00 bits per heavy atom. The Morgan fingerprint density at radius 3 is 2.67 bits per heavy atom. The first kappa shape index (κ1) is 13.4. The first-order valence-electron chi connectivity index (χ1n) is 6.25. The summed E-state index contributed by atoms with van der Waals surface area (Å²) >= 11 is 3.49. The second-order valence-electron chi connectivity index (χ2n) is 4.38. The lowest BCUT2D eigenvalue weighted by atomic mass is 10.1. The van der Waals surface area contributed by atoms with E-state index in [0.29, 0.717) is 6.04 Å². The van der Waals surface area contributed by atoms with Crippen molar-refractivity contribution in [1.29, 1.82) is 0 Å². The van der Waals surface area contributed by atoms with Crippen LogP contribution in [-0.2, 0) is 13.0 Å². The van der Waals surface area contributed by atoms with E-state index in [2.05, 4.69) is 53.3 Å². The van der Waals surface area contributed by atoms with Crippen LogP contribution in [0.25, 0.3) is 0 Å². The van der Waals surface area contributed by atoms with Crippen molar-refractivity contribution in [3.8, 4) is 0 Å². The Morgan fingerprint density at radius 1 is 1.22 bits per heavy atom. The van der Waals surface area contributed by atoms with Gasteiger partial charge in [-0.1, -0.05) is 35.0 Å². The molecule has 18 heavy (non-hydrogen) atoms. The molecule has 1 aromatic carbocycles. The first-order valence-corrected chi connectivity index (χ1v) is 7.04. The van der Waals surface area contributed by atoms with E-state index in [-0.39, 0.29) is 0 Å². The molecule has 0 aliphatic rings. The van der Waals surface area contributed by atoms with Crippen molar-refractivity contribution < 1.29 is 4.42 Å². The molecule has 0 aliphatic heterocycles. The van der Waals surface area contributed by atoms with Gasteiger partial charge in [0.2, 0.25) is 0 Å². The van der Waals surface area contributed by atoms with Crippen LogP contribution in [-0.4, -0.2) is 0 Å². The molecule has 0 aliphatic carbocycles. The molecule has 0 radical (unpaired) electrons. The van der Waals surface area contributed by atoms with Crippen LogP contribution in [0.3, 0.4) is 0 Å². The molecule has 2 rings (SSSR count). The highest BCUT2D eigenvalue weighted by Crippen LogP contribution is 2.18. The van der Waals surface area contributed by atoms with Crippen LogP contribution >= 0.6 is 15.9 Å². The van der Waals surface area contributed by atoms with Crippen molar-refractivity contribution in [3.63, 3.8) is 0 Å². The van der Waals surface area contributed by atoms with E-state index in [0.717, 1.165) is 29.0 Å². The van der Waals surface area contributed by atoms with Crippen LogP contribution in [0.2, 0.25) is 0 Å². The molecule has 96 valence electrons. The van der Waals surface area contributed by atoms with E-state index < -0.39 is 0 Å². The molecule has 1 N–H and O–H groups in total. The van der Waals surface area contributed by atoms with Gasteiger partial charge < -0.3 is 9.73 Å². The van der Waals surface area contributed by atoms with E-state index in [1.807, 2.05) is 18.2 Å². The van der Waals surface area contributed by atoms with Gasteiger partial charge in [-0.3, -0.25) is 0 Å². The van der Waals surface area contributed by atoms with Gasteiger partial charge in [0.25, 0.3) is 0 Å². The summed E-state index contributed by atoms with van der Waals surface area (Å²) in [7, 11) is 0. The van der Waals surface area contributed by atoms with Crippen molar-refractivity contribution in [2.24, 2.45) is 0 Å². The predicted octanol–water partition coefficient (Wildman–Crippen LogP) is 4.46. The zero-order chi connectivity index (χ0) is 13.0. The van der Waals surface area contributed by atoms with E-state index in [9.17, 15) is 0 Å². The van der Waals surface area contributed by atoms with Gasteiger partial charge >= 0.3 is 0 Å². The average molecular weight is 308 g/mol. The Hall–Kier alpha value is -1.06. The minimum Gasteiger partial charge on any atom is -0.465 e. The number of nitrogens with one attached hydrogen (secondary N) is 1. The number of hydrogen-bond donors (Lipinski definition) is 1. The maximum atomic E-state index is 5.67. The van der Waals surface area contributed by atoms with Gasteiger partial charge in [0, 0.05) is 16.9 Å². The number of furan rings is 1. The summed E-state index contributed by atoms with van der Waals surface area (Å²) in [6.07, 6.45) is 0.946. The van der Waals surface area contributed by atoms with Crippen LogP contribution in [0.5, 0.6) is 0 Å². The summed E-state index contributed by atoms with van der Waals surface area (Å²) in [6.45, 7) is 5.01. The molecule has 0 bridgehead atoms. The summed E-state index contributed by atoms with van der Waals surface area (Å²) in [6, 6.07) is 12.7. The minimum atomic E-state index is 0.303. The highest BCUT2D eigenvalue weighted by atomic mass is 79.9.